The molecule has 0 aliphatic rings. The molecule has 2 nitrogen and oxygen atoms in total. The molecule has 1 rings (SSSR count). The molecule has 1 aromatic carbocycles. The van der Waals surface area contributed by atoms with Crippen LogP contribution in [-0.2, 0) is 4.43 Å². The highest BCUT2D eigenvalue weighted by atomic mass is 28.4. The van der Waals surface area contributed by atoms with Gasteiger partial charge in [-0.2, -0.15) is 0 Å². The van der Waals surface area contributed by atoms with Gasteiger partial charge in [0, 0.05) is 11.8 Å². The predicted molar refractivity (Wildman–Crippen MR) is 68.5 cm³/mol. The lowest BCUT2D eigenvalue weighted by molar-refractivity contribution is 0.235. The van der Waals surface area contributed by atoms with E-state index in [4.69, 9.17) is 4.43 Å². The van der Waals surface area contributed by atoms with E-state index in [2.05, 4.69) is 63.1 Å². The molecular weight excluding hydrogens is 202 g/mol. The number of nitrogens with one attached hydrogen (secondary N) is 1. The molecule has 0 saturated heterocycles. The number of anilines is 1. The second-order valence-corrected chi connectivity index (χ2v) is 8.17. The monoisotopic (exact) mass is 223 g/mol. The SMILES string of the molecule is Cc1ccc(N[Si](C)(C)OC(C)C)cc1. The second-order valence-electron chi connectivity index (χ2n) is 4.67. The van der Waals surface area contributed by atoms with E-state index in [1.165, 1.54) is 5.56 Å². The molecule has 0 aliphatic carbocycles. The molecule has 0 heterocycles. The van der Waals surface area contributed by atoms with Crippen molar-refractivity contribution in [2.75, 3.05) is 4.98 Å². The van der Waals surface area contributed by atoms with Gasteiger partial charge in [0.15, 0.2) is 0 Å². The first kappa shape index (κ1) is 12.3. The highest BCUT2D eigenvalue weighted by Crippen LogP contribution is 2.15. The van der Waals surface area contributed by atoms with Crippen molar-refractivity contribution in [2.24, 2.45) is 0 Å². The van der Waals surface area contributed by atoms with E-state index in [0.717, 1.165) is 5.69 Å². The van der Waals surface area contributed by atoms with Crippen LogP contribution in [0.3, 0.4) is 0 Å². The summed E-state index contributed by atoms with van der Waals surface area (Å²) in [7, 11) is -1.77. The van der Waals surface area contributed by atoms with Crippen LogP contribution in [0, 0.1) is 6.92 Å². The molecular formula is C12H21NOSi. The minimum atomic E-state index is -1.77. The zero-order valence-corrected chi connectivity index (χ0v) is 11.3. The number of hydrogen-bond donors (Lipinski definition) is 1. The average Bonchev–Trinajstić information content (AvgIpc) is 2.06. The van der Waals surface area contributed by atoms with Crippen LogP contribution in [0.2, 0.25) is 13.1 Å². The van der Waals surface area contributed by atoms with Crippen molar-refractivity contribution < 1.29 is 4.43 Å². The summed E-state index contributed by atoms with van der Waals surface area (Å²) in [5.41, 5.74) is 2.43. The zero-order chi connectivity index (χ0) is 11.5. The lowest BCUT2D eigenvalue weighted by Crippen LogP contribution is -2.42. The number of benzene rings is 1. The van der Waals surface area contributed by atoms with Gasteiger partial charge < -0.3 is 9.41 Å². The van der Waals surface area contributed by atoms with E-state index < -0.39 is 8.48 Å². The van der Waals surface area contributed by atoms with E-state index in [1.807, 2.05) is 0 Å². The van der Waals surface area contributed by atoms with Gasteiger partial charge in [-0.15, -0.1) is 0 Å². The first-order valence-electron chi connectivity index (χ1n) is 5.42. The molecule has 84 valence electrons. The standard InChI is InChI=1S/C12H21NOSi/c1-10(2)14-15(4,5)13-12-8-6-11(3)7-9-12/h6-10,13H,1-5H3. The van der Waals surface area contributed by atoms with Crippen molar-refractivity contribution in [3.8, 4) is 0 Å². The Hall–Kier alpha value is -0.803. The number of aryl methyl sites for hydroxylation is 1. The topological polar surface area (TPSA) is 21.3 Å². The maximum atomic E-state index is 5.90. The van der Waals surface area contributed by atoms with Crippen LogP contribution in [-0.4, -0.2) is 14.6 Å². The Bertz CT molecular complexity index is 306. The maximum absolute atomic E-state index is 5.90. The summed E-state index contributed by atoms with van der Waals surface area (Å²) in [6, 6.07) is 8.44. The van der Waals surface area contributed by atoms with E-state index in [0.29, 0.717) is 0 Å². The van der Waals surface area contributed by atoms with Gasteiger partial charge in [0.05, 0.1) is 0 Å². The maximum Gasteiger partial charge on any atom is 0.292 e. The lowest BCUT2D eigenvalue weighted by atomic mass is 10.2. The smallest absolute Gasteiger partial charge is 0.292 e. The van der Waals surface area contributed by atoms with Crippen molar-refractivity contribution in [2.45, 2.75) is 40.0 Å². The molecule has 1 N–H and O–H groups in total. The molecule has 0 saturated carbocycles. The largest absolute Gasteiger partial charge is 0.397 e. The third kappa shape index (κ3) is 4.49. The Morgan fingerprint density at radius 3 is 2.13 bits per heavy atom. The quantitative estimate of drug-likeness (QED) is 0.788. The molecule has 0 radical (unpaired) electrons. The van der Waals surface area contributed by atoms with Gasteiger partial charge in [0.2, 0.25) is 0 Å². The minimum absolute atomic E-state index is 0.282. The summed E-state index contributed by atoms with van der Waals surface area (Å²) in [6.07, 6.45) is 0.282. The van der Waals surface area contributed by atoms with Crippen molar-refractivity contribution in [1.29, 1.82) is 0 Å². The Morgan fingerprint density at radius 2 is 1.67 bits per heavy atom. The fraction of sp³-hybridized carbons (Fsp3) is 0.500. The van der Waals surface area contributed by atoms with Crippen molar-refractivity contribution in [3.63, 3.8) is 0 Å². The Labute approximate surface area is 93.9 Å². The number of hydrogen-bond acceptors (Lipinski definition) is 2. The van der Waals surface area contributed by atoms with Crippen molar-refractivity contribution in [3.05, 3.63) is 29.8 Å². The summed E-state index contributed by atoms with van der Waals surface area (Å²) in [5, 5.41) is 0. The Morgan fingerprint density at radius 1 is 1.13 bits per heavy atom. The molecule has 3 heteroatoms. The molecule has 0 spiro atoms. The van der Waals surface area contributed by atoms with Crippen LogP contribution in [0.5, 0.6) is 0 Å². The van der Waals surface area contributed by atoms with E-state index in [1.54, 1.807) is 0 Å². The molecule has 0 amide bonds. The highest BCUT2D eigenvalue weighted by molar-refractivity contribution is 6.74. The third-order valence-electron chi connectivity index (χ3n) is 2.03. The van der Waals surface area contributed by atoms with Gasteiger partial charge in [0.1, 0.15) is 0 Å². The lowest BCUT2D eigenvalue weighted by Gasteiger charge is -2.27. The molecule has 0 aromatic heterocycles. The third-order valence-corrected chi connectivity index (χ3v) is 3.98. The minimum Gasteiger partial charge on any atom is -0.397 e. The summed E-state index contributed by atoms with van der Waals surface area (Å²) in [6.45, 7) is 10.6. The van der Waals surface area contributed by atoms with Gasteiger partial charge in [-0.25, -0.2) is 0 Å². The normalized spacial score (nSPS) is 11.9. The fourth-order valence-electron chi connectivity index (χ4n) is 1.60. The van der Waals surface area contributed by atoms with Crippen molar-refractivity contribution in [1.82, 2.24) is 0 Å². The van der Waals surface area contributed by atoms with Crippen LogP contribution in [0.4, 0.5) is 5.69 Å². The molecule has 1 aromatic rings. The Balaban J connectivity index is 2.64. The number of rotatable bonds is 4. The first-order valence-corrected chi connectivity index (χ1v) is 8.32. The molecule has 15 heavy (non-hydrogen) atoms. The molecule has 0 bridgehead atoms. The van der Waals surface area contributed by atoms with Crippen molar-refractivity contribution >= 4 is 14.2 Å². The second kappa shape index (κ2) is 4.81. The van der Waals surface area contributed by atoms with Gasteiger partial charge in [-0.1, -0.05) is 17.7 Å². The van der Waals surface area contributed by atoms with Crippen LogP contribution < -0.4 is 4.98 Å². The van der Waals surface area contributed by atoms with E-state index >= 15 is 0 Å². The van der Waals surface area contributed by atoms with Gasteiger partial charge in [-0.05, 0) is 46.0 Å². The van der Waals surface area contributed by atoms with Gasteiger partial charge in [0.25, 0.3) is 8.48 Å². The molecule has 0 unspecified atom stereocenters. The summed E-state index contributed by atoms with van der Waals surface area (Å²) in [5.74, 6) is 0. The molecule has 0 atom stereocenters. The first-order chi connectivity index (χ1) is 6.89. The van der Waals surface area contributed by atoms with Gasteiger partial charge in [-0.3, -0.25) is 0 Å². The zero-order valence-electron chi connectivity index (χ0n) is 10.3. The summed E-state index contributed by atoms with van der Waals surface area (Å²) >= 11 is 0. The van der Waals surface area contributed by atoms with Gasteiger partial charge >= 0.3 is 0 Å². The van der Waals surface area contributed by atoms with Crippen LogP contribution in [0.1, 0.15) is 19.4 Å². The highest BCUT2D eigenvalue weighted by Gasteiger charge is 2.24. The molecule has 0 fully saturated rings. The molecule has 0 aliphatic heterocycles. The van der Waals surface area contributed by atoms with Crippen LogP contribution in [0.15, 0.2) is 24.3 Å². The van der Waals surface area contributed by atoms with E-state index in [-0.39, 0.29) is 6.10 Å². The average molecular weight is 223 g/mol. The summed E-state index contributed by atoms with van der Waals surface area (Å²) in [4.78, 5) is 3.49. The Kier molecular flexibility index (Phi) is 3.94. The summed E-state index contributed by atoms with van der Waals surface area (Å²) < 4.78 is 5.90. The van der Waals surface area contributed by atoms with Crippen LogP contribution in [0.25, 0.3) is 0 Å². The fourth-order valence-corrected chi connectivity index (χ4v) is 3.70. The predicted octanol–water partition coefficient (Wildman–Crippen LogP) is 3.53. The van der Waals surface area contributed by atoms with E-state index in [9.17, 15) is 0 Å². The van der Waals surface area contributed by atoms with Crippen LogP contribution >= 0.6 is 0 Å².